The Morgan fingerprint density at radius 1 is 1.25 bits per heavy atom. The quantitative estimate of drug-likeness (QED) is 0.689. The van der Waals surface area contributed by atoms with Crippen LogP contribution in [0.3, 0.4) is 0 Å². The van der Waals surface area contributed by atoms with Crippen molar-refractivity contribution in [3.63, 3.8) is 0 Å². The molecule has 0 spiro atoms. The fourth-order valence-electron chi connectivity index (χ4n) is 2.12. The van der Waals surface area contributed by atoms with Gasteiger partial charge in [-0.2, -0.15) is 0 Å². The molecular weight excluding hydrogens is 256 g/mol. The van der Waals surface area contributed by atoms with E-state index < -0.39 is 4.92 Å². The normalized spacial score (nSPS) is 10.8. The number of benzene rings is 2. The summed E-state index contributed by atoms with van der Waals surface area (Å²) in [6.07, 6.45) is 0. The molecule has 2 aromatic rings. The Morgan fingerprint density at radius 3 is 2.55 bits per heavy atom. The third-order valence-electron chi connectivity index (χ3n) is 3.04. The molecule has 1 N–H and O–H groups in total. The monoisotopic (exact) mass is 272 g/mol. The lowest BCUT2D eigenvalue weighted by Crippen LogP contribution is -2.29. The van der Waals surface area contributed by atoms with E-state index in [1.807, 2.05) is 13.8 Å². The highest BCUT2D eigenvalue weighted by molar-refractivity contribution is 5.99. The van der Waals surface area contributed by atoms with Gasteiger partial charge in [0.05, 0.1) is 4.92 Å². The third kappa shape index (κ3) is 2.77. The van der Waals surface area contributed by atoms with E-state index in [2.05, 4.69) is 5.32 Å². The standard InChI is InChI=1S/C15H16N2O3/c1-9(2)16-15(18)12-5-4-11-7-13(17(19)20)6-10(3)14(11)8-12/h4-9H,1-3H3,(H,16,18). The summed E-state index contributed by atoms with van der Waals surface area (Å²) in [6, 6.07) is 8.30. The van der Waals surface area contributed by atoms with Gasteiger partial charge in [0, 0.05) is 23.7 Å². The fraction of sp³-hybridized carbons (Fsp3) is 0.267. The summed E-state index contributed by atoms with van der Waals surface area (Å²) in [5.74, 6) is -0.139. The van der Waals surface area contributed by atoms with Crippen LogP contribution in [0.1, 0.15) is 29.8 Å². The van der Waals surface area contributed by atoms with Crippen molar-refractivity contribution in [3.8, 4) is 0 Å². The molecule has 0 saturated heterocycles. The van der Waals surface area contributed by atoms with Crippen molar-refractivity contribution < 1.29 is 9.72 Å². The summed E-state index contributed by atoms with van der Waals surface area (Å²) in [5, 5.41) is 15.3. The highest BCUT2D eigenvalue weighted by Crippen LogP contribution is 2.25. The smallest absolute Gasteiger partial charge is 0.270 e. The number of fused-ring (bicyclic) bond motifs is 1. The number of amides is 1. The highest BCUT2D eigenvalue weighted by Gasteiger charge is 2.12. The Labute approximate surface area is 116 Å². The average Bonchev–Trinajstić information content (AvgIpc) is 2.37. The number of carbonyl (C=O) groups is 1. The van der Waals surface area contributed by atoms with Gasteiger partial charge < -0.3 is 5.32 Å². The van der Waals surface area contributed by atoms with Crippen LogP contribution < -0.4 is 5.32 Å². The van der Waals surface area contributed by atoms with Crippen LogP contribution in [0, 0.1) is 17.0 Å². The second kappa shape index (κ2) is 5.28. The molecule has 2 aromatic carbocycles. The topological polar surface area (TPSA) is 72.2 Å². The first-order valence-corrected chi connectivity index (χ1v) is 6.38. The average molecular weight is 272 g/mol. The molecule has 0 bridgehead atoms. The van der Waals surface area contributed by atoms with Gasteiger partial charge in [-0.15, -0.1) is 0 Å². The number of nitro groups is 1. The molecule has 2 rings (SSSR count). The fourth-order valence-corrected chi connectivity index (χ4v) is 2.12. The van der Waals surface area contributed by atoms with Gasteiger partial charge in [-0.1, -0.05) is 6.07 Å². The van der Waals surface area contributed by atoms with Gasteiger partial charge in [-0.25, -0.2) is 0 Å². The first-order valence-electron chi connectivity index (χ1n) is 6.38. The third-order valence-corrected chi connectivity index (χ3v) is 3.04. The van der Waals surface area contributed by atoms with E-state index in [-0.39, 0.29) is 17.6 Å². The molecule has 0 unspecified atom stereocenters. The number of carbonyl (C=O) groups excluding carboxylic acids is 1. The predicted octanol–water partition coefficient (Wildman–Crippen LogP) is 3.19. The molecule has 0 aliphatic carbocycles. The van der Waals surface area contributed by atoms with E-state index in [0.717, 1.165) is 16.3 Å². The summed E-state index contributed by atoms with van der Waals surface area (Å²) >= 11 is 0. The summed E-state index contributed by atoms with van der Waals surface area (Å²) in [6.45, 7) is 5.60. The molecule has 1 amide bonds. The lowest BCUT2D eigenvalue weighted by molar-refractivity contribution is -0.384. The van der Waals surface area contributed by atoms with E-state index in [1.54, 1.807) is 25.1 Å². The van der Waals surface area contributed by atoms with Crippen molar-refractivity contribution in [1.82, 2.24) is 5.32 Å². The number of nitrogens with one attached hydrogen (secondary N) is 1. The summed E-state index contributed by atoms with van der Waals surface area (Å²) < 4.78 is 0. The molecule has 5 nitrogen and oxygen atoms in total. The highest BCUT2D eigenvalue weighted by atomic mass is 16.6. The Hall–Kier alpha value is -2.43. The zero-order valence-electron chi connectivity index (χ0n) is 11.6. The second-order valence-corrected chi connectivity index (χ2v) is 5.08. The molecule has 0 radical (unpaired) electrons. The maximum atomic E-state index is 12.0. The van der Waals surface area contributed by atoms with Crippen LogP contribution in [0.4, 0.5) is 5.69 Å². The number of nitrogens with zero attached hydrogens (tertiary/aromatic N) is 1. The van der Waals surface area contributed by atoms with E-state index in [9.17, 15) is 14.9 Å². The van der Waals surface area contributed by atoms with Crippen molar-refractivity contribution in [2.45, 2.75) is 26.8 Å². The van der Waals surface area contributed by atoms with Crippen LogP contribution in [0.2, 0.25) is 0 Å². The molecular formula is C15H16N2O3. The number of nitro benzene ring substituents is 1. The van der Waals surface area contributed by atoms with Crippen molar-refractivity contribution in [2.24, 2.45) is 0 Å². The van der Waals surface area contributed by atoms with Gasteiger partial charge in [0.1, 0.15) is 0 Å². The minimum Gasteiger partial charge on any atom is -0.350 e. The molecule has 5 heteroatoms. The molecule has 0 aliphatic heterocycles. The first kappa shape index (κ1) is 14.0. The van der Waals surface area contributed by atoms with Gasteiger partial charge >= 0.3 is 0 Å². The van der Waals surface area contributed by atoms with Crippen LogP contribution in [0.15, 0.2) is 30.3 Å². The lowest BCUT2D eigenvalue weighted by Gasteiger charge is -2.10. The molecule has 0 fully saturated rings. The van der Waals surface area contributed by atoms with Crippen molar-refractivity contribution in [3.05, 3.63) is 51.6 Å². The zero-order valence-corrected chi connectivity index (χ0v) is 11.6. The second-order valence-electron chi connectivity index (χ2n) is 5.08. The van der Waals surface area contributed by atoms with Crippen LogP contribution in [-0.2, 0) is 0 Å². The van der Waals surface area contributed by atoms with Crippen LogP contribution >= 0.6 is 0 Å². The van der Waals surface area contributed by atoms with Crippen LogP contribution in [0.25, 0.3) is 10.8 Å². The Kier molecular flexibility index (Phi) is 3.70. The number of non-ortho nitro benzene ring substituents is 1. The van der Waals surface area contributed by atoms with E-state index in [4.69, 9.17) is 0 Å². The largest absolute Gasteiger partial charge is 0.350 e. The predicted molar refractivity (Wildman–Crippen MR) is 77.9 cm³/mol. The molecule has 0 heterocycles. The van der Waals surface area contributed by atoms with Gasteiger partial charge in [-0.05, 0) is 49.2 Å². The van der Waals surface area contributed by atoms with Gasteiger partial charge in [0.2, 0.25) is 0 Å². The van der Waals surface area contributed by atoms with E-state index >= 15 is 0 Å². The number of aryl methyl sites for hydroxylation is 1. The summed E-state index contributed by atoms with van der Waals surface area (Å²) in [4.78, 5) is 22.4. The minimum atomic E-state index is -0.411. The zero-order chi connectivity index (χ0) is 14.9. The first-order chi connectivity index (χ1) is 9.38. The Balaban J connectivity index is 2.50. The minimum absolute atomic E-state index is 0.0642. The van der Waals surface area contributed by atoms with E-state index in [0.29, 0.717) is 5.56 Å². The molecule has 20 heavy (non-hydrogen) atoms. The summed E-state index contributed by atoms with van der Waals surface area (Å²) in [7, 11) is 0. The number of hydrogen-bond donors (Lipinski definition) is 1. The number of hydrogen-bond acceptors (Lipinski definition) is 3. The van der Waals surface area contributed by atoms with Crippen molar-refractivity contribution in [1.29, 1.82) is 0 Å². The molecule has 0 aromatic heterocycles. The van der Waals surface area contributed by atoms with Gasteiger partial charge in [-0.3, -0.25) is 14.9 Å². The van der Waals surface area contributed by atoms with Crippen LogP contribution in [-0.4, -0.2) is 16.9 Å². The SMILES string of the molecule is Cc1cc([N+](=O)[O-])cc2ccc(C(=O)NC(C)C)cc12. The molecule has 0 aliphatic rings. The van der Waals surface area contributed by atoms with E-state index in [1.165, 1.54) is 12.1 Å². The number of rotatable bonds is 3. The molecule has 104 valence electrons. The van der Waals surface area contributed by atoms with Crippen LogP contribution in [0.5, 0.6) is 0 Å². The van der Waals surface area contributed by atoms with Gasteiger partial charge in [0.25, 0.3) is 11.6 Å². The van der Waals surface area contributed by atoms with Crippen molar-refractivity contribution >= 4 is 22.4 Å². The van der Waals surface area contributed by atoms with Gasteiger partial charge in [0.15, 0.2) is 0 Å². The molecule has 0 atom stereocenters. The molecule has 0 saturated carbocycles. The maximum absolute atomic E-state index is 12.0. The maximum Gasteiger partial charge on any atom is 0.270 e. The Bertz CT molecular complexity index is 693. The lowest BCUT2D eigenvalue weighted by atomic mass is 10.0. The summed E-state index contributed by atoms with van der Waals surface area (Å²) in [5.41, 5.74) is 1.41. The van der Waals surface area contributed by atoms with Crippen molar-refractivity contribution in [2.75, 3.05) is 0 Å². The Morgan fingerprint density at radius 2 is 1.95 bits per heavy atom.